The molecule has 2 rings (SSSR count). The first-order valence-corrected chi connectivity index (χ1v) is 6.22. The minimum absolute atomic E-state index is 0.215. The molecule has 0 bridgehead atoms. The van der Waals surface area contributed by atoms with E-state index in [1.54, 1.807) is 7.05 Å². The molecule has 1 heterocycles. The summed E-state index contributed by atoms with van der Waals surface area (Å²) < 4.78 is 1.49. The first kappa shape index (κ1) is 12.8. The van der Waals surface area contributed by atoms with Crippen molar-refractivity contribution in [2.45, 2.75) is 31.8 Å². The van der Waals surface area contributed by atoms with Crippen molar-refractivity contribution < 1.29 is 9.90 Å². The van der Waals surface area contributed by atoms with Crippen LogP contribution in [0.15, 0.2) is 6.33 Å². The summed E-state index contributed by atoms with van der Waals surface area (Å²) in [6, 6.07) is -0.286. The van der Waals surface area contributed by atoms with Crippen molar-refractivity contribution in [1.29, 1.82) is 0 Å². The van der Waals surface area contributed by atoms with Crippen LogP contribution >= 0.6 is 0 Å². The fourth-order valence-electron chi connectivity index (χ4n) is 2.24. The minimum Gasteiger partial charge on any atom is -0.393 e. The van der Waals surface area contributed by atoms with Crippen LogP contribution in [-0.2, 0) is 7.05 Å². The van der Waals surface area contributed by atoms with E-state index in [9.17, 15) is 9.90 Å². The fraction of sp³-hybridized carbons (Fsp3) is 0.727. The van der Waals surface area contributed by atoms with Crippen molar-refractivity contribution in [2.75, 3.05) is 11.9 Å². The lowest BCUT2D eigenvalue weighted by Crippen LogP contribution is -2.36. The van der Waals surface area contributed by atoms with Gasteiger partial charge in [0.25, 0.3) is 0 Å². The summed E-state index contributed by atoms with van der Waals surface area (Å²) >= 11 is 0. The fourth-order valence-corrected chi connectivity index (χ4v) is 2.24. The van der Waals surface area contributed by atoms with Crippen molar-refractivity contribution in [2.24, 2.45) is 13.0 Å². The summed E-state index contributed by atoms with van der Waals surface area (Å²) in [5.41, 5.74) is 0. The van der Waals surface area contributed by atoms with Crippen LogP contribution in [-0.4, -0.2) is 38.6 Å². The number of aryl methyl sites for hydroxylation is 1. The average molecular weight is 253 g/mol. The lowest BCUT2D eigenvalue weighted by atomic mass is 9.87. The third kappa shape index (κ3) is 3.43. The van der Waals surface area contributed by atoms with Crippen molar-refractivity contribution in [3.63, 3.8) is 0 Å². The summed E-state index contributed by atoms with van der Waals surface area (Å²) in [5.74, 6) is 0.773. The van der Waals surface area contributed by atoms with Crippen LogP contribution in [0.4, 0.5) is 10.7 Å². The highest BCUT2D eigenvalue weighted by molar-refractivity contribution is 5.87. The highest BCUT2D eigenvalue weighted by atomic mass is 16.3. The van der Waals surface area contributed by atoms with Crippen LogP contribution in [0.3, 0.4) is 0 Å². The lowest BCUT2D eigenvalue weighted by molar-refractivity contribution is 0.101. The molecule has 0 aliphatic heterocycles. The normalized spacial score (nSPS) is 23.7. The van der Waals surface area contributed by atoms with Gasteiger partial charge in [-0.1, -0.05) is 6.42 Å². The van der Waals surface area contributed by atoms with Crippen molar-refractivity contribution in [3.05, 3.63) is 6.33 Å². The second kappa shape index (κ2) is 5.81. The first-order chi connectivity index (χ1) is 8.65. The minimum atomic E-state index is -0.286. The molecule has 7 heteroatoms. The molecule has 2 atom stereocenters. The highest BCUT2D eigenvalue weighted by Crippen LogP contribution is 2.23. The number of hydrogen-bond donors (Lipinski definition) is 3. The van der Waals surface area contributed by atoms with Crippen LogP contribution in [0.2, 0.25) is 0 Å². The maximum atomic E-state index is 11.6. The molecule has 2 amide bonds. The Morgan fingerprint density at radius 2 is 2.44 bits per heavy atom. The number of rotatable bonds is 3. The molecule has 0 saturated heterocycles. The number of aromatic nitrogens is 3. The maximum Gasteiger partial charge on any atom is 0.321 e. The Labute approximate surface area is 106 Å². The van der Waals surface area contributed by atoms with Crippen LogP contribution in [0.1, 0.15) is 25.7 Å². The number of aliphatic hydroxyl groups is 1. The summed E-state index contributed by atoms with van der Waals surface area (Å²) in [6.45, 7) is 0.584. The summed E-state index contributed by atoms with van der Waals surface area (Å²) in [7, 11) is 1.71. The quantitative estimate of drug-likeness (QED) is 0.731. The third-order valence-corrected chi connectivity index (χ3v) is 3.24. The molecule has 1 aromatic rings. The Morgan fingerprint density at radius 3 is 3.11 bits per heavy atom. The van der Waals surface area contributed by atoms with E-state index in [0.29, 0.717) is 18.4 Å². The zero-order valence-corrected chi connectivity index (χ0v) is 10.5. The van der Waals surface area contributed by atoms with E-state index < -0.39 is 0 Å². The summed E-state index contributed by atoms with van der Waals surface area (Å²) in [6.07, 6.45) is 4.89. The van der Waals surface area contributed by atoms with E-state index in [-0.39, 0.29) is 12.1 Å². The van der Waals surface area contributed by atoms with E-state index in [2.05, 4.69) is 20.7 Å². The summed E-state index contributed by atoms with van der Waals surface area (Å²) in [4.78, 5) is 15.5. The number of anilines is 1. The maximum absolute atomic E-state index is 11.6. The smallest absolute Gasteiger partial charge is 0.321 e. The van der Waals surface area contributed by atoms with E-state index >= 15 is 0 Å². The van der Waals surface area contributed by atoms with E-state index in [0.717, 1.165) is 25.7 Å². The Balaban J connectivity index is 1.73. The van der Waals surface area contributed by atoms with Gasteiger partial charge in [-0.15, -0.1) is 0 Å². The van der Waals surface area contributed by atoms with Gasteiger partial charge in [-0.05, 0) is 25.2 Å². The predicted molar refractivity (Wildman–Crippen MR) is 66.0 cm³/mol. The van der Waals surface area contributed by atoms with E-state index in [1.807, 2.05) is 0 Å². The predicted octanol–water partition coefficient (Wildman–Crippen LogP) is 0.488. The number of urea groups is 1. The molecule has 1 aliphatic carbocycles. The molecule has 7 nitrogen and oxygen atoms in total. The van der Waals surface area contributed by atoms with Gasteiger partial charge < -0.3 is 10.4 Å². The van der Waals surface area contributed by atoms with Crippen molar-refractivity contribution in [3.8, 4) is 0 Å². The van der Waals surface area contributed by atoms with Gasteiger partial charge in [0, 0.05) is 13.6 Å². The molecule has 0 aromatic carbocycles. The monoisotopic (exact) mass is 253 g/mol. The van der Waals surface area contributed by atoms with Crippen LogP contribution < -0.4 is 10.6 Å². The standard InChI is InChI=1S/C11H19N5O2/c1-16-10(13-7-14-16)15-11(18)12-6-8-3-2-4-9(17)5-8/h7-9,17H,2-6H2,1H3,(H2,12,13,14,15,18). The van der Waals surface area contributed by atoms with Gasteiger partial charge in [0.15, 0.2) is 0 Å². The zero-order valence-electron chi connectivity index (χ0n) is 10.5. The molecule has 0 spiro atoms. The zero-order chi connectivity index (χ0) is 13.0. The molecule has 1 saturated carbocycles. The van der Waals surface area contributed by atoms with Crippen LogP contribution in [0.5, 0.6) is 0 Å². The Kier molecular flexibility index (Phi) is 4.14. The molecule has 1 fully saturated rings. The van der Waals surface area contributed by atoms with Gasteiger partial charge in [0.1, 0.15) is 6.33 Å². The van der Waals surface area contributed by atoms with Crippen LogP contribution in [0.25, 0.3) is 0 Å². The number of nitrogens with zero attached hydrogens (tertiary/aromatic N) is 3. The van der Waals surface area contributed by atoms with Crippen LogP contribution in [0, 0.1) is 5.92 Å². The average Bonchev–Trinajstić information content (AvgIpc) is 2.73. The first-order valence-electron chi connectivity index (χ1n) is 6.22. The molecule has 18 heavy (non-hydrogen) atoms. The summed E-state index contributed by atoms with van der Waals surface area (Å²) in [5, 5.41) is 18.8. The molecular formula is C11H19N5O2. The van der Waals surface area contributed by atoms with Crippen molar-refractivity contribution >= 4 is 12.0 Å². The van der Waals surface area contributed by atoms with Crippen molar-refractivity contribution in [1.82, 2.24) is 20.1 Å². The van der Waals surface area contributed by atoms with Gasteiger partial charge in [-0.2, -0.15) is 10.1 Å². The van der Waals surface area contributed by atoms with E-state index in [1.165, 1.54) is 11.0 Å². The number of aliphatic hydroxyl groups excluding tert-OH is 1. The molecule has 1 aromatic heterocycles. The number of carbonyl (C=O) groups is 1. The highest BCUT2D eigenvalue weighted by Gasteiger charge is 2.20. The van der Waals surface area contributed by atoms with Gasteiger partial charge in [-0.25, -0.2) is 9.48 Å². The molecule has 100 valence electrons. The molecule has 1 aliphatic rings. The number of carbonyl (C=O) groups excluding carboxylic acids is 1. The topological polar surface area (TPSA) is 92.1 Å². The van der Waals surface area contributed by atoms with Gasteiger partial charge in [-0.3, -0.25) is 5.32 Å². The number of hydrogen-bond acceptors (Lipinski definition) is 4. The van der Waals surface area contributed by atoms with Gasteiger partial charge in [0.2, 0.25) is 5.95 Å². The Morgan fingerprint density at radius 1 is 1.61 bits per heavy atom. The molecular weight excluding hydrogens is 234 g/mol. The number of amides is 2. The Hall–Kier alpha value is -1.63. The van der Waals surface area contributed by atoms with E-state index in [4.69, 9.17) is 0 Å². The second-order valence-corrected chi connectivity index (χ2v) is 4.73. The molecule has 2 unspecified atom stereocenters. The second-order valence-electron chi connectivity index (χ2n) is 4.73. The third-order valence-electron chi connectivity index (χ3n) is 3.24. The molecule has 0 radical (unpaired) electrons. The largest absolute Gasteiger partial charge is 0.393 e. The lowest BCUT2D eigenvalue weighted by Gasteiger charge is -2.25. The molecule has 3 N–H and O–H groups in total. The van der Waals surface area contributed by atoms with Gasteiger partial charge >= 0.3 is 6.03 Å². The SMILES string of the molecule is Cn1ncnc1NC(=O)NCC1CCCC(O)C1. The number of nitrogens with one attached hydrogen (secondary N) is 2. The van der Waals surface area contributed by atoms with Gasteiger partial charge in [0.05, 0.1) is 6.10 Å². The Bertz CT molecular complexity index is 406.